The fraction of sp³-hybridized carbons (Fsp3) is 0.179. The number of allylic oxidation sites excluding steroid dienone is 4. The fourth-order valence-corrected chi connectivity index (χ4v) is 9.13. The molecule has 0 aliphatic carbocycles. The second-order valence-corrected chi connectivity index (χ2v) is 17.3. The summed E-state index contributed by atoms with van der Waals surface area (Å²) in [7, 11) is -8.40. The molecule has 1 aromatic heterocycles. The van der Waals surface area contributed by atoms with E-state index in [0.717, 1.165) is 64.0 Å². The first-order valence-corrected chi connectivity index (χ1v) is 21.0. The van der Waals surface area contributed by atoms with Gasteiger partial charge in [-0.15, -0.1) is 11.3 Å². The Morgan fingerprint density at radius 1 is 0.824 bits per heavy atom. The van der Waals surface area contributed by atoms with Crippen molar-refractivity contribution in [3.63, 3.8) is 0 Å². The molecule has 2 heterocycles. The molecule has 0 bridgehead atoms. The predicted molar refractivity (Wildman–Crippen MR) is 207 cm³/mol. The molecule has 0 amide bonds. The molecule has 0 spiro atoms. The summed E-state index contributed by atoms with van der Waals surface area (Å²) in [6.07, 6.45) is 9.12. The van der Waals surface area contributed by atoms with Gasteiger partial charge in [0.05, 0.1) is 26.6 Å². The van der Waals surface area contributed by atoms with E-state index in [1.165, 1.54) is 0 Å². The van der Waals surface area contributed by atoms with Gasteiger partial charge < -0.3 is 9.45 Å². The van der Waals surface area contributed by atoms with Gasteiger partial charge in [0.25, 0.3) is 10.1 Å². The van der Waals surface area contributed by atoms with Crippen molar-refractivity contribution in [2.75, 3.05) is 23.0 Å². The second-order valence-electron chi connectivity index (χ2n) is 12.1. The number of thioether (sulfide) groups is 1. The molecule has 0 radical (unpaired) electrons. The number of nitrogens with zero attached hydrogens (tertiary/aromatic N) is 1. The van der Waals surface area contributed by atoms with Crippen molar-refractivity contribution < 1.29 is 77.3 Å². The molecule has 5 aromatic rings. The topological polar surface area (TPSA) is 115 Å². The molecular weight excluding hydrogens is 746 g/mol. The molecule has 1 N–H and O–H groups in total. The van der Waals surface area contributed by atoms with E-state index in [2.05, 4.69) is 59.5 Å². The smallest absolute Gasteiger partial charge is 0.748 e. The molecule has 1 aliphatic rings. The van der Waals surface area contributed by atoms with Crippen LogP contribution in [-0.2, 0) is 26.7 Å². The molecule has 51 heavy (non-hydrogen) atoms. The third kappa shape index (κ3) is 10.9. The van der Waals surface area contributed by atoms with Crippen molar-refractivity contribution in [2.24, 2.45) is 0 Å². The van der Waals surface area contributed by atoms with Gasteiger partial charge >= 0.3 is 51.4 Å². The maximum Gasteiger partial charge on any atom is 1.00 e. The van der Waals surface area contributed by atoms with Crippen molar-refractivity contribution in [1.82, 2.24) is 0 Å². The Balaban J connectivity index is 0.00000504. The Bertz CT molecular complexity index is 2320. The van der Waals surface area contributed by atoms with E-state index in [1.807, 2.05) is 73.7 Å². The summed E-state index contributed by atoms with van der Waals surface area (Å²) < 4.78 is 67.7. The van der Waals surface area contributed by atoms with Gasteiger partial charge in [-0.3, -0.25) is 4.55 Å². The quantitative estimate of drug-likeness (QED) is 0.0829. The molecular formula is C39H36KNO6S4. The normalized spacial score (nSPS) is 14.4. The molecule has 4 aromatic carbocycles. The number of hydrogen-bond donors (Lipinski definition) is 1. The molecule has 0 atom stereocenters. The Morgan fingerprint density at radius 2 is 1.47 bits per heavy atom. The van der Waals surface area contributed by atoms with Gasteiger partial charge in [-0.05, 0) is 95.8 Å². The monoisotopic (exact) mass is 781 g/mol. The first kappa shape index (κ1) is 39.9. The van der Waals surface area contributed by atoms with Gasteiger partial charge in [-0.25, -0.2) is 8.42 Å². The number of anilines is 1. The first-order chi connectivity index (χ1) is 23.9. The van der Waals surface area contributed by atoms with Crippen LogP contribution in [0.25, 0.3) is 38.4 Å². The van der Waals surface area contributed by atoms with Crippen molar-refractivity contribution in [2.45, 2.75) is 31.1 Å². The third-order valence-electron chi connectivity index (χ3n) is 8.36. The zero-order valence-corrected chi connectivity index (χ0v) is 34.7. The summed E-state index contributed by atoms with van der Waals surface area (Å²) in [5, 5.41) is 2.00. The zero-order valence-electron chi connectivity index (χ0n) is 28.4. The standard InChI is InChI=1S/C39H37NO6S4.K/c1-28(15-19-36-33(14-8-24-49(41,42)43)34-26-31(17-20-37(34)47-36)29-10-4-2-5-11-29)16-22-39-40(23-9-25-50(44,45)46)35-27-32(18-21-38(35)48-39)30-12-6-3-7-13-30;/h2-7,10-13,15-22,26-27H,8-9,14,23-25H2,1H3,(H,41,42,43)(H,44,45,46);/q;+1/p-1/b19-15+,28-16+,39-22-;. The Hall–Kier alpha value is -2.33. The van der Waals surface area contributed by atoms with Crippen LogP contribution in [-0.4, -0.2) is 44.0 Å². The predicted octanol–water partition coefficient (Wildman–Crippen LogP) is 6.41. The molecule has 6 rings (SSSR count). The van der Waals surface area contributed by atoms with Crippen molar-refractivity contribution in [3.8, 4) is 22.3 Å². The van der Waals surface area contributed by atoms with Gasteiger partial charge in [0, 0.05) is 26.8 Å². The molecule has 12 heteroatoms. The number of aryl methyl sites for hydroxylation is 1. The largest absolute Gasteiger partial charge is 1.00 e. The molecule has 0 fully saturated rings. The van der Waals surface area contributed by atoms with Crippen LogP contribution >= 0.6 is 23.1 Å². The molecule has 1 aliphatic heterocycles. The van der Waals surface area contributed by atoms with Gasteiger partial charge in [0.15, 0.2) is 0 Å². The Kier molecular flexibility index (Phi) is 13.8. The van der Waals surface area contributed by atoms with E-state index < -0.39 is 26.0 Å². The van der Waals surface area contributed by atoms with Gasteiger partial charge in [0.2, 0.25) is 0 Å². The van der Waals surface area contributed by atoms with Crippen LogP contribution < -0.4 is 56.3 Å². The summed E-state index contributed by atoms with van der Waals surface area (Å²) in [6.45, 7) is 2.38. The van der Waals surface area contributed by atoms with Gasteiger partial charge in [-0.1, -0.05) is 102 Å². The van der Waals surface area contributed by atoms with Crippen molar-refractivity contribution in [3.05, 3.63) is 136 Å². The summed E-state index contributed by atoms with van der Waals surface area (Å²) in [5.41, 5.74) is 7.30. The van der Waals surface area contributed by atoms with Crippen LogP contribution in [0.2, 0.25) is 0 Å². The Labute approximate surface area is 351 Å². The second kappa shape index (κ2) is 17.7. The number of thiophene rings is 1. The van der Waals surface area contributed by atoms with Crippen LogP contribution in [0.15, 0.2) is 131 Å². The Morgan fingerprint density at radius 3 is 2.12 bits per heavy atom. The van der Waals surface area contributed by atoms with Crippen LogP contribution in [0.3, 0.4) is 0 Å². The maximum absolute atomic E-state index is 11.5. The summed E-state index contributed by atoms with van der Waals surface area (Å²) in [4.78, 5) is 4.16. The van der Waals surface area contributed by atoms with E-state index in [1.54, 1.807) is 23.1 Å². The van der Waals surface area contributed by atoms with Crippen LogP contribution in [0.5, 0.6) is 0 Å². The number of fused-ring (bicyclic) bond motifs is 2. The number of benzene rings is 4. The maximum atomic E-state index is 11.5. The fourth-order valence-electron chi connectivity index (χ4n) is 5.93. The van der Waals surface area contributed by atoms with E-state index in [9.17, 15) is 25.9 Å². The summed E-state index contributed by atoms with van der Waals surface area (Å²) in [6, 6.07) is 32.8. The van der Waals surface area contributed by atoms with Crippen molar-refractivity contribution >= 4 is 65.2 Å². The zero-order chi connectivity index (χ0) is 35.3. The van der Waals surface area contributed by atoms with E-state index in [-0.39, 0.29) is 63.6 Å². The van der Waals surface area contributed by atoms with E-state index in [0.29, 0.717) is 19.4 Å². The van der Waals surface area contributed by atoms with E-state index >= 15 is 0 Å². The van der Waals surface area contributed by atoms with Crippen molar-refractivity contribution in [1.29, 1.82) is 0 Å². The van der Waals surface area contributed by atoms with Gasteiger partial charge in [0.1, 0.15) is 0 Å². The average Bonchev–Trinajstić information content (AvgIpc) is 3.62. The van der Waals surface area contributed by atoms with Crippen LogP contribution in [0.1, 0.15) is 30.2 Å². The SMILES string of the molecule is CC(/C=C/c1sc2ccc(-c3ccccc3)cc2c1CCCS(=O)(=O)O)=C\C=C1/Sc2ccc(-c3ccccc3)cc2N1CCCS(=O)(=O)[O-].[K+]. The van der Waals surface area contributed by atoms with E-state index in [4.69, 9.17) is 0 Å². The van der Waals surface area contributed by atoms with Gasteiger partial charge in [-0.2, -0.15) is 8.42 Å². The first-order valence-electron chi connectivity index (χ1n) is 16.1. The molecule has 7 nitrogen and oxygen atoms in total. The minimum atomic E-state index is -4.33. The molecule has 0 unspecified atom stereocenters. The minimum Gasteiger partial charge on any atom is -0.748 e. The third-order valence-corrected chi connectivity index (χ3v) is 12.3. The summed E-state index contributed by atoms with van der Waals surface area (Å²) >= 11 is 3.25. The number of hydrogen-bond acceptors (Lipinski definition) is 8. The summed E-state index contributed by atoms with van der Waals surface area (Å²) in [5.74, 6) is -0.732. The minimum absolute atomic E-state index is 0. The number of rotatable bonds is 13. The van der Waals surface area contributed by atoms with Crippen LogP contribution in [0, 0.1) is 0 Å². The molecule has 258 valence electrons. The van der Waals surface area contributed by atoms with Crippen LogP contribution in [0.4, 0.5) is 5.69 Å². The average molecular weight is 782 g/mol. The molecule has 0 saturated heterocycles. The molecule has 0 saturated carbocycles.